The molecular formula is C22H26N2O. The van der Waals surface area contributed by atoms with E-state index in [0.717, 1.165) is 35.9 Å². The molecule has 0 aliphatic heterocycles. The van der Waals surface area contributed by atoms with Crippen LogP contribution in [-0.4, -0.2) is 16.4 Å². The molecule has 2 aromatic carbocycles. The lowest BCUT2D eigenvalue weighted by molar-refractivity contribution is 0.256. The van der Waals surface area contributed by atoms with Gasteiger partial charge in [-0.2, -0.15) is 5.10 Å². The monoisotopic (exact) mass is 334 g/mol. The fourth-order valence-corrected chi connectivity index (χ4v) is 2.96. The Bertz CT molecular complexity index is 819. The number of ether oxygens (including phenoxy) is 1. The van der Waals surface area contributed by atoms with Crippen LogP contribution in [0.25, 0.3) is 16.8 Å². The maximum absolute atomic E-state index is 5.86. The van der Waals surface area contributed by atoms with Gasteiger partial charge in [0.1, 0.15) is 5.75 Å². The average Bonchev–Trinajstić information content (AvgIpc) is 2.95. The fourth-order valence-electron chi connectivity index (χ4n) is 2.96. The number of rotatable bonds is 6. The van der Waals surface area contributed by atoms with E-state index in [2.05, 4.69) is 64.1 Å². The van der Waals surface area contributed by atoms with Crippen LogP contribution in [0, 0.1) is 19.8 Å². The van der Waals surface area contributed by atoms with Gasteiger partial charge < -0.3 is 4.74 Å². The molecule has 0 aliphatic carbocycles. The summed E-state index contributed by atoms with van der Waals surface area (Å²) in [6, 6.07) is 18.6. The summed E-state index contributed by atoms with van der Waals surface area (Å²) in [4.78, 5) is 0. The third-order valence-corrected chi connectivity index (χ3v) is 4.67. The molecule has 0 aliphatic rings. The molecule has 130 valence electrons. The Hall–Kier alpha value is -2.55. The van der Waals surface area contributed by atoms with Crippen LogP contribution in [0.5, 0.6) is 5.75 Å². The third kappa shape index (κ3) is 3.76. The van der Waals surface area contributed by atoms with Gasteiger partial charge in [-0.1, -0.05) is 50.6 Å². The molecule has 1 unspecified atom stereocenters. The van der Waals surface area contributed by atoms with Crippen molar-refractivity contribution >= 4 is 0 Å². The Morgan fingerprint density at radius 1 is 1.00 bits per heavy atom. The molecule has 0 saturated heterocycles. The summed E-state index contributed by atoms with van der Waals surface area (Å²) in [5.74, 6) is 1.50. The first-order valence-corrected chi connectivity index (χ1v) is 8.95. The topological polar surface area (TPSA) is 27.1 Å². The van der Waals surface area contributed by atoms with Crippen molar-refractivity contribution in [3.05, 3.63) is 66.0 Å². The van der Waals surface area contributed by atoms with Gasteiger partial charge in [0.05, 0.1) is 18.0 Å². The van der Waals surface area contributed by atoms with Crippen LogP contribution >= 0.6 is 0 Å². The number of aromatic nitrogens is 2. The fraction of sp³-hybridized carbons (Fsp3) is 0.318. The number of para-hydroxylation sites is 1. The lowest BCUT2D eigenvalue weighted by Gasteiger charge is -2.11. The molecule has 0 saturated carbocycles. The molecule has 1 atom stereocenters. The zero-order valence-corrected chi connectivity index (χ0v) is 15.5. The highest BCUT2D eigenvalue weighted by atomic mass is 16.5. The van der Waals surface area contributed by atoms with Gasteiger partial charge in [-0.3, -0.25) is 0 Å². The molecular weight excluding hydrogens is 308 g/mol. The first kappa shape index (κ1) is 17.3. The SMILES string of the molecule is CCC(C)COc1ccc(-c2c(C)nn(-c3ccccc3)c2C)cc1. The van der Waals surface area contributed by atoms with E-state index in [9.17, 15) is 0 Å². The van der Waals surface area contributed by atoms with Crippen molar-refractivity contribution in [2.45, 2.75) is 34.1 Å². The maximum Gasteiger partial charge on any atom is 0.119 e. The second-order valence-corrected chi connectivity index (χ2v) is 6.64. The van der Waals surface area contributed by atoms with E-state index < -0.39 is 0 Å². The number of aryl methyl sites for hydroxylation is 1. The molecule has 0 spiro atoms. The highest BCUT2D eigenvalue weighted by Crippen LogP contribution is 2.30. The minimum absolute atomic E-state index is 0.577. The molecule has 3 rings (SSSR count). The van der Waals surface area contributed by atoms with Gasteiger partial charge in [-0.25, -0.2) is 4.68 Å². The van der Waals surface area contributed by atoms with E-state index in [1.54, 1.807) is 0 Å². The summed E-state index contributed by atoms with van der Waals surface area (Å²) in [5, 5.41) is 4.74. The summed E-state index contributed by atoms with van der Waals surface area (Å²) in [5.41, 5.74) is 5.64. The zero-order chi connectivity index (χ0) is 17.8. The predicted molar refractivity (Wildman–Crippen MR) is 103 cm³/mol. The van der Waals surface area contributed by atoms with E-state index in [-0.39, 0.29) is 0 Å². The molecule has 3 heteroatoms. The Labute approximate surface area is 150 Å². The van der Waals surface area contributed by atoms with Gasteiger partial charge in [0.15, 0.2) is 0 Å². The second kappa shape index (κ2) is 7.56. The minimum atomic E-state index is 0.577. The van der Waals surface area contributed by atoms with Crippen molar-refractivity contribution in [3.63, 3.8) is 0 Å². The predicted octanol–water partition coefficient (Wildman–Crippen LogP) is 5.58. The van der Waals surface area contributed by atoms with Gasteiger partial charge in [0.25, 0.3) is 0 Å². The number of hydrogen-bond donors (Lipinski definition) is 0. The third-order valence-electron chi connectivity index (χ3n) is 4.67. The van der Waals surface area contributed by atoms with Crippen molar-refractivity contribution in [3.8, 4) is 22.6 Å². The molecule has 3 aromatic rings. The van der Waals surface area contributed by atoms with E-state index in [1.807, 2.05) is 22.9 Å². The van der Waals surface area contributed by atoms with Crippen LogP contribution < -0.4 is 4.74 Å². The van der Waals surface area contributed by atoms with Gasteiger partial charge >= 0.3 is 0 Å². The Kier molecular flexibility index (Phi) is 5.22. The van der Waals surface area contributed by atoms with Crippen molar-refractivity contribution in [1.29, 1.82) is 0 Å². The van der Waals surface area contributed by atoms with E-state index in [0.29, 0.717) is 5.92 Å². The molecule has 25 heavy (non-hydrogen) atoms. The number of benzene rings is 2. The standard InChI is InChI=1S/C22H26N2O/c1-5-16(2)15-25-21-13-11-19(12-14-21)22-17(3)23-24(18(22)4)20-9-7-6-8-10-20/h6-14,16H,5,15H2,1-4H3. The van der Waals surface area contributed by atoms with E-state index in [1.165, 1.54) is 11.1 Å². The first-order chi connectivity index (χ1) is 12.1. The molecule has 0 radical (unpaired) electrons. The Balaban J connectivity index is 1.86. The lowest BCUT2D eigenvalue weighted by atomic mass is 10.0. The molecule has 0 bridgehead atoms. The number of hydrogen-bond acceptors (Lipinski definition) is 2. The highest BCUT2D eigenvalue weighted by molar-refractivity contribution is 5.69. The van der Waals surface area contributed by atoms with Gasteiger partial charge in [0.2, 0.25) is 0 Å². The van der Waals surface area contributed by atoms with Crippen LogP contribution in [0.3, 0.4) is 0 Å². The van der Waals surface area contributed by atoms with Crippen LogP contribution in [0.2, 0.25) is 0 Å². The summed E-state index contributed by atoms with van der Waals surface area (Å²) < 4.78 is 7.88. The van der Waals surface area contributed by atoms with Gasteiger partial charge in [0, 0.05) is 11.3 Å². The summed E-state index contributed by atoms with van der Waals surface area (Å²) in [7, 11) is 0. The highest BCUT2D eigenvalue weighted by Gasteiger charge is 2.14. The Morgan fingerprint density at radius 2 is 1.68 bits per heavy atom. The quantitative estimate of drug-likeness (QED) is 0.588. The minimum Gasteiger partial charge on any atom is -0.493 e. The van der Waals surface area contributed by atoms with E-state index >= 15 is 0 Å². The maximum atomic E-state index is 5.86. The van der Waals surface area contributed by atoms with E-state index in [4.69, 9.17) is 9.84 Å². The number of nitrogens with zero attached hydrogens (tertiary/aromatic N) is 2. The summed E-state index contributed by atoms with van der Waals surface area (Å²) >= 11 is 0. The smallest absolute Gasteiger partial charge is 0.119 e. The van der Waals surface area contributed by atoms with Crippen molar-refractivity contribution < 1.29 is 4.74 Å². The van der Waals surface area contributed by atoms with Crippen LogP contribution in [0.15, 0.2) is 54.6 Å². The summed E-state index contributed by atoms with van der Waals surface area (Å²) in [6.45, 7) is 9.34. The largest absolute Gasteiger partial charge is 0.493 e. The molecule has 0 N–H and O–H groups in total. The van der Waals surface area contributed by atoms with Crippen LogP contribution in [0.1, 0.15) is 31.7 Å². The van der Waals surface area contributed by atoms with Crippen molar-refractivity contribution in [2.75, 3.05) is 6.61 Å². The van der Waals surface area contributed by atoms with Crippen LogP contribution in [0.4, 0.5) is 0 Å². The zero-order valence-electron chi connectivity index (χ0n) is 15.5. The first-order valence-electron chi connectivity index (χ1n) is 8.95. The normalized spacial score (nSPS) is 12.2. The molecule has 1 aromatic heterocycles. The summed E-state index contributed by atoms with van der Waals surface area (Å²) in [6.07, 6.45) is 1.13. The average molecular weight is 334 g/mol. The Morgan fingerprint density at radius 3 is 2.32 bits per heavy atom. The molecule has 0 fully saturated rings. The molecule has 3 nitrogen and oxygen atoms in total. The van der Waals surface area contributed by atoms with Crippen molar-refractivity contribution in [1.82, 2.24) is 9.78 Å². The second-order valence-electron chi connectivity index (χ2n) is 6.64. The van der Waals surface area contributed by atoms with Crippen LogP contribution in [-0.2, 0) is 0 Å². The van der Waals surface area contributed by atoms with Gasteiger partial charge in [-0.15, -0.1) is 0 Å². The van der Waals surface area contributed by atoms with Gasteiger partial charge in [-0.05, 0) is 49.6 Å². The van der Waals surface area contributed by atoms with Crippen molar-refractivity contribution in [2.24, 2.45) is 5.92 Å². The molecule has 1 heterocycles. The lowest BCUT2D eigenvalue weighted by Crippen LogP contribution is -2.06. The molecule has 0 amide bonds.